The van der Waals surface area contributed by atoms with Crippen molar-refractivity contribution in [3.8, 4) is 0 Å². The molecule has 1 saturated heterocycles. The van der Waals surface area contributed by atoms with Crippen LogP contribution in [0, 0.1) is 50.7 Å². The van der Waals surface area contributed by atoms with E-state index in [1.54, 1.807) is 0 Å². The van der Waals surface area contributed by atoms with Crippen LogP contribution in [0.25, 0.3) is 0 Å². The summed E-state index contributed by atoms with van der Waals surface area (Å²) < 4.78 is 6.89. The topological polar surface area (TPSA) is 61.7 Å². The van der Waals surface area contributed by atoms with Crippen molar-refractivity contribution in [1.82, 2.24) is 5.32 Å². The van der Waals surface area contributed by atoms with Gasteiger partial charge in [-0.1, -0.05) is 65.0 Å². The van der Waals surface area contributed by atoms with Crippen molar-refractivity contribution < 1.29 is 14.9 Å². The molecule has 5 saturated carbocycles. The number of aliphatic hydroxyl groups excluding tert-OH is 2. The Morgan fingerprint density at radius 3 is 2.39 bits per heavy atom. The minimum absolute atomic E-state index is 0.00819. The van der Waals surface area contributed by atoms with Crippen molar-refractivity contribution >= 4 is 0 Å². The van der Waals surface area contributed by atoms with Gasteiger partial charge in [0.25, 0.3) is 0 Å². The van der Waals surface area contributed by atoms with E-state index in [0.717, 1.165) is 25.9 Å². The molecule has 0 aromatic heterocycles. The monoisotopic (exact) mass is 521 g/mol. The molecule has 38 heavy (non-hydrogen) atoms. The van der Waals surface area contributed by atoms with Crippen molar-refractivity contribution in [2.45, 2.75) is 117 Å². The van der Waals surface area contributed by atoms with Gasteiger partial charge in [0.1, 0.15) is 0 Å². The fourth-order valence-electron chi connectivity index (χ4n) is 12.5. The predicted octanol–water partition coefficient (Wildman–Crippen LogP) is 5.95. The number of ether oxygens (including phenoxy) is 1. The fourth-order valence-corrected chi connectivity index (χ4v) is 12.5. The Morgan fingerprint density at radius 2 is 1.63 bits per heavy atom. The molecule has 4 heteroatoms. The predicted molar refractivity (Wildman–Crippen MR) is 150 cm³/mol. The normalized spacial score (nSPS) is 54.2. The van der Waals surface area contributed by atoms with Crippen molar-refractivity contribution in [3.05, 3.63) is 35.9 Å². The summed E-state index contributed by atoms with van der Waals surface area (Å²) in [5, 5.41) is 26.9. The van der Waals surface area contributed by atoms with Gasteiger partial charge in [-0.05, 0) is 102 Å². The molecule has 12 atom stereocenters. The van der Waals surface area contributed by atoms with E-state index in [4.69, 9.17) is 4.74 Å². The van der Waals surface area contributed by atoms with Gasteiger partial charge < -0.3 is 20.3 Å². The van der Waals surface area contributed by atoms with E-state index < -0.39 is 6.10 Å². The van der Waals surface area contributed by atoms with E-state index >= 15 is 0 Å². The molecular weight excluding hydrogens is 470 g/mol. The number of hydrogen-bond acceptors (Lipinski definition) is 4. The number of benzene rings is 1. The van der Waals surface area contributed by atoms with E-state index in [9.17, 15) is 10.2 Å². The average molecular weight is 522 g/mol. The van der Waals surface area contributed by atoms with Crippen LogP contribution in [0.5, 0.6) is 0 Å². The van der Waals surface area contributed by atoms with Crippen LogP contribution >= 0.6 is 0 Å². The Hall–Kier alpha value is -0.940. The van der Waals surface area contributed by atoms with Gasteiger partial charge in [-0.3, -0.25) is 0 Å². The number of nitrogens with one attached hydrogen (secondary N) is 1. The molecule has 0 bridgehead atoms. The molecule has 1 aromatic rings. The van der Waals surface area contributed by atoms with Crippen molar-refractivity contribution in [2.24, 2.45) is 50.7 Å². The first-order chi connectivity index (χ1) is 18.0. The summed E-state index contributed by atoms with van der Waals surface area (Å²) in [6, 6.07) is 10.6. The molecule has 1 heterocycles. The van der Waals surface area contributed by atoms with Crippen LogP contribution in [0.1, 0.15) is 91.5 Å². The lowest BCUT2D eigenvalue weighted by molar-refractivity contribution is -0.182. The van der Waals surface area contributed by atoms with Gasteiger partial charge >= 0.3 is 0 Å². The summed E-state index contributed by atoms with van der Waals surface area (Å²) in [6.45, 7) is 13.8. The van der Waals surface area contributed by atoms with Crippen LogP contribution in [-0.4, -0.2) is 41.2 Å². The third-order valence-electron chi connectivity index (χ3n) is 14.4. The standard InChI is InChI=1S/C34H51NO3/c1-21-17-23(19-35-18-22-9-7-6-8-10-22)38-28-27(21)31(4)15-16-34-20-33(34)14-13-26(36)30(2,3)24(33)11-12-25(34)32(31,5)29(28)37/h6-10,21,23-29,35-37H,11-20H2,1-5H3/t21-,23-,24?,25?,26+,27+,28+,29+,31-,32-,33-,34+/m1/s1. The van der Waals surface area contributed by atoms with Gasteiger partial charge in [-0.15, -0.1) is 0 Å². The zero-order valence-electron chi connectivity index (χ0n) is 24.4. The van der Waals surface area contributed by atoms with Crippen molar-refractivity contribution in [1.29, 1.82) is 0 Å². The second-order valence-corrected chi connectivity index (χ2v) is 15.8. The van der Waals surface area contributed by atoms with Crippen LogP contribution in [-0.2, 0) is 11.3 Å². The molecule has 4 nitrogen and oxygen atoms in total. The molecule has 3 N–H and O–H groups in total. The van der Waals surface area contributed by atoms with Gasteiger partial charge in [0, 0.05) is 18.5 Å². The molecule has 2 spiro atoms. The molecule has 2 unspecified atom stereocenters. The minimum atomic E-state index is -0.393. The maximum absolute atomic E-state index is 12.3. The lowest BCUT2D eigenvalue weighted by Crippen LogP contribution is -2.59. The molecule has 7 rings (SSSR count). The highest BCUT2D eigenvalue weighted by atomic mass is 16.5. The van der Waals surface area contributed by atoms with Crippen LogP contribution in [0.3, 0.4) is 0 Å². The zero-order chi connectivity index (χ0) is 26.7. The second-order valence-electron chi connectivity index (χ2n) is 15.8. The maximum atomic E-state index is 12.3. The molecule has 0 amide bonds. The summed E-state index contributed by atoms with van der Waals surface area (Å²) in [5.41, 5.74) is 2.10. The Bertz CT molecular complexity index is 1070. The van der Waals surface area contributed by atoms with E-state index in [0.29, 0.717) is 34.5 Å². The summed E-state index contributed by atoms with van der Waals surface area (Å²) in [7, 11) is 0. The molecule has 6 aliphatic rings. The van der Waals surface area contributed by atoms with Gasteiger partial charge in [0.05, 0.1) is 24.4 Å². The molecule has 6 fully saturated rings. The van der Waals surface area contributed by atoms with E-state index in [2.05, 4.69) is 70.3 Å². The highest BCUT2D eigenvalue weighted by Crippen LogP contribution is 2.89. The van der Waals surface area contributed by atoms with Gasteiger partial charge in [-0.25, -0.2) is 0 Å². The van der Waals surface area contributed by atoms with Crippen molar-refractivity contribution in [3.63, 3.8) is 0 Å². The number of fused-ring (bicyclic) bond motifs is 4. The van der Waals surface area contributed by atoms with Gasteiger partial charge in [0.15, 0.2) is 0 Å². The Kier molecular flexibility index (Phi) is 5.68. The Labute approximate surface area is 230 Å². The number of rotatable bonds is 4. The first kappa shape index (κ1) is 26.0. The SMILES string of the molecule is C[C@@H]1C[C@H](CNCc2ccccc2)O[C@H]2[C@H]1[C@@]1(C)CC[C@@]34C[C@@]35CC[C@H](O)C(C)(C)C5CCC4[C@]1(C)[C@H]2O. The van der Waals surface area contributed by atoms with Crippen molar-refractivity contribution in [2.75, 3.05) is 6.54 Å². The first-order valence-corrected chi connectivity index (χ1v) is 15.8. The largest absolute Gasteiger partial charge is 0.393 e. The lowest BCUT2D eigenvalue weighted by Gasteiger charge is -2.63. The van der Waals surface area contributed by atoms with Crippen LogP contribution in [0.2, 0.25) is 0 Å². The minimum Gasteiger partial charge on any atom is -0.393 e. The summed E-state index contributed by atoms with van der Waals surface area (Å²) in [4.78, 5) is 0. The third kappa shape index (κ3) is 3.07. The quantitative estimate of drug-likeness (QED) is 0.458. The lowest BCUT2D eigenvalue weighted by atomic mass is 9.41. The highest BCUT2D eigenvalue weighted by Gasteiger charge is 2.84. The smallest absolute Gasteiger partial charge is 0.0880 e. The van der Waals surface area contributed by atoms with E-state index in [1.165, 1.54) is 44.1 Å². The number of hydrogen-bond donors (Lipinski definition) is 3. The van der Waals surface area contributed by atoms with E-state index in [-0.39, 0.29) is 34.6 Å². The van der Waals surface area contributed by atoms with Crippen LogP contribution in [0.4, 0.5) is 0 Å². The highest BCUT2D eigenvalue weighted by molar-refractivity contribution is 5.32. The summed E-state index contributed by atoms with van der Waals surface area (Å²) >= 11 is 0. The second kappa shape index (κ2) is 8.30. The Balaban J connectivity index is 1.14. The molecule has 1 aliphatic heterocycles. The van der Waals surface area contributed by atoms with Crippen LogP contribution in [0.15, 0.2) is 30.3 Å². The Morgan fingerprint density at radius 1 is 0.921 bits per heavy atom. The molecular formula is C34H51NO3. The third-order valence-corrected chi connectivity index (χ3v) is 14.4. The molecule has 0 radical (unpaired) electrons. The summed E-state index contributed by atoms with van der Waals surface area (Å²) in [6.07, 6.45) is 9.07. The number of aliphatic hydroxyl groups is 2. The zero-order valence-corrected chi connectivity index (χ0v) is 24.4. The first-order valence-electron chi connectivity index (χ1n) is 15.8. The van der Waals surface area contributed by atoms with Gasteiger partial charge in [-0.2, -0.15) is 0 Å². The van der Waals surface area contributed by atoms with Gasteiger partial charge in [0.2, 0.25) is 0 Å². The fraction of sp³-hybridized carbons (Fsp3) is 0.824. The maximum Gasteiger partial charge on any atom is 0.0880 e. The summed E-state index contributed by atoms with van der Waals surface area (Å²) in [5.74, 6) is 2.18. The average Bonchev–Trinajstić information content (AvgIpc) is 3.52. The van der Waals surface area contributed by atoms with E-state index in [1.807, 2.05) is 0 Å². The van der Waals surface area contributed by atoms with Crippen LogP contribution < -0.4 is 5.32 Å². The molecule has 5 aliphatic carbocycles. The molecule has 1 aromatic carbocycles. The molecule has 210 valence electrons.